The highest BCUT2D eigenvalue weighted by Gasteiger charge is 2.28. The normalized spacial score (nSPS) is 20.9. The lowest BCUT2D eigenvalue weighted by molar-refractivity contribution is 0.177. The molecule has 1 fully saturated rings. The molecule has 0 heterocycles. The topological polar surface area (TPSA) is 32.3 Å². The first kappa shape index (κ1) is 15.8. The lowest BCUT2D eigenvalue weighted by atomic mass is 9.71. The maximum Gasteiger partial charge on any atom is 0.0914 e. The van der Waals surface area contributed by atoms with Gasteiger partial charge in [-0.25, -0.2) is 0 Å². The highest BCUT2D eigenvalue weighted by atomic mass is 35.5. The number of benzene rings is 1. The molecule has 1 aromatic carbocycles. The van der Waals surface area contributed by atoms with Gasteiger partial charge in [0.25, 0.3) is 0 Å². The van der Waals surface area contributed by atoms with Gasteiger partial charge in [0.2, 0.25) is 0 Å². The summed E-state index contributed by atoms with van der Waals surface area (Å²) in [5.41, 5.74) is 2.62. The van der Waals surface area contributed by atoms with Gasteiger partial charge in [0, 0.05) is 11.6 Å². The molecule has 20 heavy (non-hydrogen) atoms. The molecule has 1 saturated carbocycles. The van der Waals surface area contributed by atoms with Crippen molar-refractivity contribution in [3.05, 3.63) is 34.3 Å². The van der Waals surface area contributed by atoms with Crippen molar-refractivity contribution in [2.24, 2.45) is 5.41 Å². The van der Waals surface area contributed by atoms with Gasteiger partial charge < -0.3 is 10.4 Å². The molecule has 2 N–H and O–H groups in total. The van der Waals surface area contributed by atoms with Crippen LogP contribution in [0.3, 0.4) is 0 Å². The highest BCUT2D eigenvalue weighted by molar-refractivity contribution is 6.31. The summed E-state index contributed by atoms with van der Waals surface area (Å²) in [6.07, 6.45) is 4.46. The summed E-state index contributed by atoms with van der Waals surface area (Å²) in [6, 6.07) is 6.06. The van der Waals surface area contributed by atoms with Gasteiger partial charge in [-0.1, -0.05) is 37.6 Å². The number of aliphatic hydroxyl groups is 1. The summed E-state index contributed by atoms with van der Waals surface area (Å²) in [7, 11) is 1.84. The average Bonchev–Trinajstić information content (AvgIpc) is 2.39. The van der Waals surface area contributed by atoms with Crippen molar-refractivity contribution in [3.63, 3.8) is 0 Å². The van der Waals surface area contributed by atoms with Gasteiger partial charge in [0.15, 0.2) is 0 Å². The summed E-state index contributed by atoms with van der Waals surface area (Å²) in [5, 5.41) is 13.8. The van der Waals surface area contributed by atoms with Gasteiger partial charge >= 0.3 is 0 Å². The Balaban J connectivity index is 2.10. The SMILES string of the molecule is CNCC(O)c1ccc(C2CCC(C)(C)CC2)c(Cl)c1. The second-order valence-electron chi connectivity index (χ2n) is 6.79. The van der Waals surface area contributed by atoms with Crippen LogP contribution in [0.15, 0.2) is 18.2 Å². The first-order valence-corrected chi connectivity index (χ1v) is 7.93. The number of hydrogen-bond donors (Lipinski definition) is 2. The van der Waals surface area contributed by atoms with Crippen molar-refractivity contribution < 1.29 is 5.11 Å². The lowest BCUT2D eigenvalue weighted by Gasteiger charge is -2.35. The van der Waals surface area contributed by atoms with Crippen molar-refractivity contribution in [1.82, 2.24) is 5.32 Å². The number of rotatable bonds is 4. The zero-order chi connectivity index (χ0) is 14.8. The van der Waals surface area contributed by atoms with Gasteiger partial charge in [0.05, 0.1) is 6.10 Å². The fourth-order valence-corrected chi connectivity index (χ4v) is 3.45. The molecule has 2 rings (SSSR count). The van der Waals surface area contributed by atoms with E-state index < -0.39 is 6.10 Å². The molecular formula is C17H26ClNO. The van der Waals surface area contributed by atoms with E-state index in [4.69, 9.17) is 11.6 Å². The zero-order valence-corrected chi connectivity index (χ0v) is 13.5. The first-order valence-electron chi connectivity index (χ1n) is 7.55. The average molecular weight is 296 g/mol. The minimum Gasteiger partial charge on any atom is -0.387 e. The Labute approximate surface area is 127 Å². The van der Waals surface area contributed by atoms with Crippen LogP contribution in [0.2, 0.25) is 5.02 Å². The van der Waals surface area contributed by atoms with Crippen molar-refractivity contribution in [3.8, 4) is 0 Å². The maximum absolute atomic E-state index is 9.99. The monoisotopic (exact) mass is 295 g/mol. The molecule has 1 atom stereocenters. The summed E-state index contributed by atoms with van der Waals surface area (Å²) < 4.78 is 0. The molecule has 1 unspecified atom stereocenters. The van der Waals surface area contributed by atoms with Gasteiger partial charge in [0.1, 0.15) is 0 Å². The van der Waals surface area contributed by atoms with Crippen molar-refractivity contribution in [2.45, 2.75) is 51.6 Å². The van der Waals surface area contributed by atoms with E-state index in [9.17, 15) is 5.11 Å². The smallest absolute Gasteiger partial charge is 0.0914 e. The minimum atomic E-state index is -0.489. The molecule has 0 amide bonds. The Bertz CT molecular complexity index is 448. The quantitative estimate of drug-likeness (QED) is 0.869. The molecule has 1 aliphatic rings. The molecule has 112 valence electrons. The van der Waals surface area contributed by atoms with Crippen LogP contribution in [-0.4, -0.2) is 18.7 Å². The number of nitrogens with one attached hydrogen (secondary N) is 1. The summed E-state index contributed by atoms with van der Waals surface area (Å²) >= 11 is 6.45. The molecule has 0 spiro atoms. The number of likely N-dealkylation sites (N-methyl/N-ethyl adjacent to an activating group) is 1. The standard InChI is InChI=1S/C17H26ClNO/c1-17(2)8-6-12(7-9-17)14-5-4-13(10-15(14)18)16(20)11-19-3/h4-5,10,12,16,19-20H,6-9,11H2,1-3H3. The number of aliphatic hydroxyl groups excluding tert-OH is 1. The fraction of sp³-hybridized carbons (Fsp3) is 0.647. The van der Waals surface area contributed by atoms with E-state index in [2.05, 4.69) is 25.2 Å². The second-order valence-corrected chi connectivity index (χ2v) is 7.20. The van der Waals surface area contributed by atoms with Crippen LogP contribution in [0, 0.1) is 5.41 Å². The lowest BCUT2D eigenvalue weighted by Crippen LogP contribution is -2.20. The third kappa shape index (κ3) is 3.75. The first-order chi connectivity index (χ1) is 9.43. The highest BCUT2D eigenvalue weighted by Crippen LogP contribution is 2.44. The fourth-order valence-electron chi connectivity index (χ4n) is 3.10. The van der Waals surface area contributed by atoms with Crippen molar-refractivity contribution in [1.29, 1.82) is 0 Å². The number of halogens is 1. The third-order valence-corrected chi connectivity index (χ3v) is 4.91. The van der Waals surface area contributed by atoms with E-state index in [0.29, 0.717) is 17.9 Å². The largest absolute Gasteiger partial charge is 0.387 e. The molecular weight excluding hydrogens is 270 g/mol. The van der Waals surface area contributed by atoms with Gasteiger partial charge in [-0.2, -0.15) is 0 Å². The van der Waals surface area contributed by atoms with Crippen LogP contribution < -0.4 is 5.32 Å². The Kier molecular flexibility index (Phi) is 5.11. The Morgan fingerprint density at radius 3 is 2.55 bits per heavy atom. The molecule has 1 aliphatic carbocycles. The summed E-state index contributed by atoms with van der Waals surface area (Å²) in [6.45, 7) is 5.25. The van der Waals surface area contributed by atoms with Gasteiger partial charge in [-0.3, -0.25) is 0 Å². The summed E-state index contributed by atoms with van der Waals surface area (Å²) in [5.74, 6) is 0.575. The third-order valence-electron chi connectivity index (χ3n) is 4.59. The van der Waals surface area contributed by atoms with Crippen LogP contribution in [0.1, 0.15) is 62.7 Å². The predicted octanol–water partition coefficient (Wildman–Crippen LogP) is 4.28. The zero-order valence-electron chi connectivity index (χ0n) is 12.7. The van der Waals surface area contributed by atoms with Gasteiger partial charge in [-0.05, 0) is 61.3 Å². The van der Waals surface area contributed by atoms with E-state index in [1.165, 1.54) is 31.2 Å². The van der Waals surface area contributed by atoms with E-state index in [0.717, 1.165) is 10.6 Å². The Morgan fingerprint density at radius 1 is 1.35 bits per heavy atom. The van der Waals surface area contributed by atoms with Crippen LogP contribution in [0.4, 0.5) is 0 Å². The minimum absolute atomic E-state index is 0.478. The Hall–Kier alpha value is -0.570. The van der Waals surface area contributed by atoms with Crippen molar-refractivity contribution >= 4 is 11.6 Å². The van der Waals surface area contributed by atoms with E-state index >= 15 is 0 Å². The maximum atomic E-state index is 9.99. The molecule has 0 saturated heterocycles. The summed E-state index contributed by atoms with van der Waals surface area (Å²) in [4.78, 5) is 0. The molecule has 3 heteroatoms. The van der Waals surface area contributed by atoms with E-state index in [1.807, 2.05) is 19.2 Å². The molecule has 1 aromatic rings. The molecule has 0 aliphatic heterocycles. The van der Waals surface area contributed by atoms with E-state index in [1.54, 1.807) is 0 Å². The van der Waals surface area contributed by atoms with Crippen LogP contribution in [0.5, 0.6) is 0 Å². The molecule has 0 aromatic heterocycles. The van der Waals surface area contributed by atoms with Crippen LogP contribution in [-0.2, 0) is 0 Å². The predicted molar refractivity (Wildman–Crippen MR) is 85.3 cm³/mol. The van der Waals surface area contributed by atoms with Crippen molar-refractivity contribution in [2.75, 3.05) is 13.6 Å². The van der Waals surface area contributed by atoms with Crippen LogP contribution >= 0.6 is 11.6 Å². The molecule has 2 nitrogen and oxygen atoms in total. The Morgan fingerprint density at radius 2 is 2.00 bits per heavy atom. The van der Waals surface area contributed by atoms with Crippen LogP contribution in [0.25, 0.3) is 0 Å². The second kappa shape index (κ2) is 6.46. The molecule has 0 bridgehead atoms. The number of hydrogen-bond acceptors (Lipinski definition) is 2. The molecule has 0 radical (unpaired) electrons. The van der Waals surface area contributed by atoms with Gasteiger partial charge in [-0.15, -0.1) is 0 Å². The van der Waals surface area contributed by atoms with E-state index in [-0.39, 0.29) is 0 Å².